The van der Waals surface area contributed by atoms with E-state index in [1.165, 1.54) is 0 Å². The molecule has 0 saturated carbocycles. The van der Waals surface area contributed by atoms with Crippen LogP contribution >= 0.6 is 0 Å². The number of esters is 2. The lowest BCUT2D eigenvalue weighted by molar-refractivity contribution is -0.143. The Labute approximate surface area is 178 Å². The Hall–Kier alpha value is -3.68. The molecule has 0 fully saturated rings. The van der Waals surface area contributed by atoms with Crippen LogP contribution in [-0.2, 0) is 38.3 Å². The molecule has 2 aromatic heterocycles. The number of rotatable bonds is 8. The molecule has 160 valence electrons. The van der Waals surface area contributed by atoms with Gasteiger partial charge in [0.25, 0.3) is 0 Å². The van der Waals surface area contributed by atoms with E-state index in [4.69, 9.17) is 18.3 Å². The Bertz CT molecular complexity index is 1140. The minimum atomic E-state index is -0.363. The van der Waals surface area contributed by atoms with Crippen LogP contribution in [0, 0.1) is 0 Å². The smallest absolute Gasteiger partial charge is 0.315 e. The van der Waals surface area contributed by atoms with Gasteiger partial charge in [-0.15, -0.1) is 0 Å². The predicted octanol–water partition coefficient (Wildman–Crippen LogP) is 3.77. The van der Waals surface area contributed by atoms with E-state index >= 15 is 0 Å². The van der Waals surface area contributed by atoms with Crippen LogP contribution < -0.4 is 0 Å². The van der Waals surface area contributed by atoms with E-state index in [-0.39, 0.29) is 24.8 Å². The third kappa shape index (κ3) is 4.91. The molecule has 4 aromatic rings. The van der Waals surface area contributed by atoms with Crippen molar-refractivity contribution in [1.82, 2.24) is 9.97 Å². The monoisotopic (exact) mass is 422 g/mol. The van der Waals surface area contributed by atoms with Crippen molar-refractivity contribution in [3.63, 3.8) is 0 Å². The number of benzene rings is 2. The van der Waals surface area contributed by atoms with Gasteiger partial charge in [-0.1, -0.05) is 12.1 Å². The molecule has 0 radical (unpaired) electrons. The molecule has 0 aliphatic carbocycles. The number of carbonyl (C=O) groups excluding carboxylic acids is 2. The Morgan fingerprint density at radius 1 is 0.774 bits per heavy atom. The summed E-state index contributed by atoms with van der Waals surface area (Å²) < 4.78 is 21.1. The summed E-state index contributed by atoms with van der Waals surface area (Å²) >= 11 is 0. The predicted molar refractivity (Wildman–Crippen MR) is 111 cm³/mol. The number of oxazole rings is 2. The fourth-order valence-corrected chi connectivity index (χ4v) is 3.32. The number of carbonyl (C=O) groups is 2. The third-order valence-electron chi connectivity index (χ3n) is 4.60. The van der Waals surface area contributed by atoms with Crippen LogP contribution in [0.1, 0.15) is 36.8 Å². The average molecular weight is 422 g/mol. The van der Waals surface area contributed by atoms with Gasteiger partial charge in [-0.3, -0.25) is 9.59 Å². The first-order valence-electron chi connectivity index (χ1n) is 10.1. The molecule has 0 N–H and O–H groups in total. The molecule has 0 spiro atoms. The summed E-state index contributed by atoms with van der Waals surface area (Å²) in [5, 5.41) is 0. The highest BCUT2D eigenvalue weighted by Crippen LogP contribution is 2.22. The number of hydrogen-bond donors (Lipinski definition) is 0. The van der Waals surface area contributed by atoms with Gasteiger partial charge in [0.1, 0.15) is 23.9 Å². The highest BCUT2D eigenvalue weighted by atomic mass is 16.5. The van der Waals surface area contributed by atoms with Crippen molar-refractivity contribution in [2.24, 2.45) is 0 Å². The van der Waals surface area contributed by atoms with Crippen molar-refractivity contribution in [2.45, 2.75) is 33.1 Å². The highest BCUT2D eigenvalue weighted by molar-refractivity contribution is 5.77. The van der Waals surface area contributed by atoms with Crippen LogP contribution in [-0.4, -0.2) is 35.1 Å². The second-order valence-corrected chi connectivity index (χ2v) is 6.96. The largest absolute Gasteiger partial charge is 0.466 e. The fourth-order valence-electron chi connectivity index (χ4n) is 3.32. The Balaban J connectivity index is 1.49. The zero-order valence-corrected chi connectivity index (χ0v) is 17.3. The lowest BCUT2D eigenvalue weighted by Gasteiger charge is -2.01. The minimum Gasteiger partial charge on any atom is -0.466 e. The Morgan fingerprint density at radius 2 is 1.23 bits per heavy atom. The van der Waals surface area contributed by atoms with Gasteiger partial charge in [-0.05, 0) is 55.7 Å². The zero-order valence-electron chi connectivity index (χ0n) is 17.3. The van der Waals surface area contributed by atoms with Crippen LogP contribution in [0.15, 0.2) is 45.2 Å². The van der Waals surface area contributed by atoms with Crippen molar-refractivity contribution >= 4 is 34.1 Å². The van der Waals surface area contributed by atoms with Gasteiger partial charge in [0.05, 0.1) is 13.2 Å². The molecule has 8 heteroatoms. The van der Waals surface area contributed by atoms with Gasteiger partial charge >= 0.3 is 11.9 Å². The lowest BCUT2D eigenvalue weighted by atomic mass is 10.0. The zero-order chi connectivity index (χ0) is 21.8. The molecule has 0 aliphatic rings. The van der Waals surface area contributed by atoms with Gasteiger partial charge in [-0.2, -0.15) is 0 Å². The van der Waals surface area contributed by atoms with Gasteiger partial charge < -0.3 is 18.3 Å². The van der Waals surface area contributed by atoms with Crippen molar-refractivity contribution in [1.29, 1.82) is 0 Å². The van der Waals surface area contributed by atoms with Gasteiger partial charge in [0, 0.05) is 0 Å². The fraction of sp³-hybridized carbons (Fsp3) is 0.304. The Kier molecular flexibility index (Phi) is 5.97. The number of ether oxygens (including phenoxy) is 2. The van der Waals surface area contributed by atoms with Crippen LogP contribution in [0.3, 0.4) is 0 Å². The molecular weight excluding hydrogens is 400 g/mol. The van der Waals surface area contributed by atoms with Gasteiger partial charge in [-0.25, -0.2) is 9.97 Å². The molecule has 0 amide bonds. The number of nitrogens with zero attached hydrogens (tertiary/aromatic N) is 2. The quantitative estimate of drug-likeness (QED) is 0.395. The first-order chi connectivity index (χ1) is 15.0. The average Bonchev–Trinajstić information content (AvgIpc) is 3.30. The van der Waals surface area contributed by atoms with E-state index < -0.39 is 0 Å². The van der Waals surface area contributed by atoms with Gasteiger partial charge in [0.2, 0.25) is 11.8 Å². The second-order valence-electron chi connectivity index (χ2n) is 6.96. The highest BCUT2D eigenvalue weighted by Gasteiger charge is 2.14. The maximum absolute atomic E-state index is 11.6. The summed E-state index contributed by atoms with van der Waals surface area (Å²) in [6.07, 6.45) is 0.676. The van der Waals surface area contributed by atoms with Crippen molar-refractivity contribution in [3.05, 3.63) is 59.3 Å². The van der Waals surface area contributed by atoms with Crippen molar-refractivity contribution in [2.75, 3.05) is 13.2 Å². The topological polar surface area (TPSA) is 105 Å². The van der Waals surface area contributed by atoms with Crippen LogP contribution in [0.25, 0.3) is 22.2 Å². The van der Waals surface area contributed by atoms with Crippen molar-refractivity contribution in [3.8, 4) is 0 Å². The molecular formula is C23H22N2O6. The molecule has 2 aromatic carbocycles. The molecule has 0 atom stereocenters. The van der Waals surface area contributed by atoms with E-state index in [0.29, 0.717) is 53.6 Å². The van der Waals surface area contributed by atoms with E-state index in [9.17, 15) is 9.59 Å². The molecule has 8 nitrogen and oxygen atoms in total. The van der Waals surface area contributed by atoms with E-state index in [1.807, 2.05) is 36.4 Å². The molecule has 4 rings (SSSR count). The second kappa shape index (κ2) is 8.99. The first-order valence-corrected chi connectivity index (χ1v) is 10.1. The third-order valence-corrected chi connectivity index (χ3v) is 4.60. The maximum atomic E-state index is 11.6. The Morgan fingerprint density at radius 3 is 1.65 bits per heavy atom. The summed E-state index contributed by atoms with van der Waals surface area (Å²) in [5.41, 5.74) is 4.71. The summed E-state index contributed by atoms with van der Waals surface area (Å²) in [5.74, 6) is -0.0532. The van der Waals surface area contributed by atoms with E-state index in [2.05, 4.69) is 9.97 Å². The number of fused-ring (bicyclic) bond motifs is 2. The lowest BCUT2D eigenvalue weighted by Crippen LogP contribution is -2.07. The van der Waals surface area contributed by atoms with Crippen LogP contribution in [0.4, 0.5) is 0 Å². The standard InChI is InChI=1S/C23H22N2O6/c1-3-28-22(26)12-20-24-16-10-14(5-7-18(16)30-20)9-15-6-8-19-17(11-15)25-21(31-19)13-23(27)29-4-2/h5-8,10-11H,3-4,9,12-13H2,1-2H3. The molecule has 0 bridgehead atoms. The van der Waals surface area contributed by atoms with Crippen LogP contribution in [0.2, 0.25) is 0 Å². The summed E-state index contributed by atoms with van der Waals surface area (Å²) in [6, 6.07) is 11.5. The molecule has 31 heavy (non-hydrogen) atoms. The van der Waals surface area contributed by atoms with Crippen molar-refractivity contribution < 1.29 is 27.9 Å². The number of hydrogen-bond acceptors (Lipinski definition) is 8. The summed E-state index contributed by atoms with van der Waals surface area (Å²) in [4.78, 5) is 32.1. The molecule has 2 heterocycles. The van der Waals surface area contributed by atoms with Gasteiger partial charge in [0.15, 0.2) is 11.2 Å². The normalized spacial score (nSPS) is 11.2. The first kappa shape index (κ1) is 20.6. The molecule has 0 unspecified atom stereocenters. The molecule has 0 aliphatic heterocycles. The van der Waals surface area contributed by atoms with E-state index in [1.54, 1.807) is 13.8 Å². The molecule has 0 saturated heterocycles. The van der Waals surface area contributed by atoms with E-state index in [0.717, 1.165) is 11.1 Å². The summed E-state index contributed by atoms with van der Waals surface area (Å²) in [7, 11) is 0. The number of aromatic nitrogens is 2. The maximum Gasteiger partial charge on any atom is 0.315 e. The van der Waals surface area contributed by atoms with Crippen LogP contribution in [0.5, 0.6) is 0 Å². The minimum absolute atomic E-state index is 0.00874. The summed E-state index contributed by atoms with van der Waals surface area (Å²) in [6.45, 7) is 4.16. The SMILES string of the molecule is CCOC(=O)Cc1nc2cc(Cc3ccc4oc(CC(=O)OCC)nc4c3)ccc2o1.